The van der Waals surface area contributed by atoms with Gasteiger partial charge in [0.05, 0.1) is 12.9 Å². The molecule has 37 heavy (non-hydrogen) atoms. The van der Waals surface area contributed by atoms with E-state index < -0.39 is 30.2 Å². The van der Waals surface area contributed by atoms with Crippen molar-refractivity contribution in [3.05, 3.63) is 40.9 Å². The molecule has 0 saturated carbocycles. The number of Topliss-reactive ketones (excluding diaryl/α,β-unsaturated/α-hetero) is 1. The van der Waals surface area contributed by atoms with Crippen molar-refractivity contribution in [3.63, 3.8) is 0 Å². The highest BCUT2D eigenvalue weighted by atomic mass is 32.1. The number of hydrogen-bond acceptors (Lipinski definition) is 9. The number of alkyl halides is 3. The molecule has 2 N–H and O–H groups in total. The molecule has 3 aromatic rings. The second-order valence-corrected chi connectivity index (χ2v) is 8.58. The normalized spacial score (nSPS) is 11.2. The third-order valence-electron chi connectivity index (χ3n) is 5.09. The molecule has 0 aliphatic heterocycles. The Balaban J connectivity index is 1.76. The average molecular weight is 538 g/mol. The van der Waals surface area contributed by atoms with Gasteiger partial charge < -0.3 is 15.2 Å². The van der Waals surface area contributed by atoms with Crippen LogP contribution in [0.4, 0.5) is 24.8 Å². The predicted octanol–water partition coefficient (Wildman–Crippen LogP) is 2.99. The van der Waals surface area contributed by atoms with Gasteiger partial charge >= 0.3 is 6.18 Å². The number of nitrogens with zero attached hydrogens (tertiary/aromatic N) is 5. The van der Waals surface area contributed by atoms with Crippen LogP contribution in [-0.2, 0) is 27.1 Å². The van der Waals surface area contributed by atoms with E-state index in [9.17, 15) is 32.3 Å². The van der Waals surface area contributed by atoms with Crippen molar-refractivity contribution in [2.75, 3.05) is 24.2 Å². The molecule has 0 fully saturated rings. The van der Waals surface area contributed by atoms with E-state index >= 15 is 0 Å². The topological polar surface area (TPSA) is 139 Å². The summed E-state index contributed by atoms with van der Waals surface area (Å²) in [5, 5.41) is 7.11. The minimum atomic E-state index is -4.57. The summed E-state index contributed by atoms with van der Waals surface area (Å²) in [6.45, 7) is 2.10. The number of halogens is 3. The van der Waals surface area contributed by atoms with E-state index in [1.54, 1.807) is 6.92 Å². The number of carbonyl (C=O) groups excluding carboxylic acids is 4. The van der Waals surface area contributed by atoms with E-state index in [1.807, 2.05) is 0 Å². The zero-order chi connectivity index (χ0) is 27.3. The smallest absolute Gasteiger partial charge is 0.371 e. The Bertz CT molecular complexity index is 1340. The lowest BCUT2D eigenvalue weighted by molar-refractivity contribution is -0.141. The first kappa shape index (κ1) is 27.4. The monoisotopic (exact) mass is 537 g/mol. The van der Waals surface area contributed by atoms with Crippen molar-refractivity contribution >= 4 is 47.0 Å². The molecule has 3 amide bonds. The Morgan fingerprint density at radius 2 is 1.97 bits per heavy atom. The van der Waals surface area contributed by atoms with Crippen molar-refractivity contribution in [3.8, 4) is 10.6 Å². The summed E-state index contributed by atoms with van der Waals surface area (Å²) in [7, 11) is 1.50. The predicted molar refractivity (Wildman–Crippen MR) is 128 cm³/mol. The second-order valence-electron chi connectivity index (χ2n) is 7.72. The first-order valence-corrected chi connectivity index (χ1v) is 11.7. The lowest BCUT2D eigenvalue weighted by Gasteiger charge is -2.16. The summed E-state index contributed by atoms with van der Waals surface area (Å²) in [5.74, 6) is -1.47. The minimum absolute atomic E-state index is 0.0616. The van der Waals surface area contributed by atoms with Gasteiger partial charge in [0, 0.05) is 30.6 Å². The van der Waals surface area contributed by atoms with E-state index in [-0.39, 0.29) is 48.1 Å². The number of hydrogen-bond donors (Lipinski definition) is 2. The van der Waals surface area contributed by atoms with Gasteiger partial charge in [-0.25, -0.2) is 9.97 Å². The summed E-state index contributed by atoms with van der Waals surface area (Å²) < 4.78 is 40.1. The number of thiazole rings is 1. The van der Waals surface area contributed by atoms with Crippen LogP contribution < -0.4 is 10.6 Å². The van der Waals surface area contributed by atoms with Gasteiger partial charge in [-0.05, 0) is 18.6 Å². The molecule has 0 aromatic carbocycles. The van der Waals surface area contributed by atoms with Crippen LogP contribution in [0.3, 0.4) is 0 Å². The number of aromatic nitrogens is 4. The fourth-order valence-corrected chi connectivity index (χ4v) is 4.03. The molecule has 0 aliphatic rings. The molecular formula is C22H22F3N7O4S. The number of aryl methyl sites for hydroxylation is 1. The first-order chi connectivity index (χ1) is 17.5. The molecule has 0 spiro atoms. The van der Waals surface area contributed by atoms with Crippen LogP contribution in [0.5, 0.6) is 0 Å². The van der Waals surface area contributed by atoms with E-state index in [2.05, 4.69) is 25.6 Å². The molecule has 0 atom stereocenters. The molecule has 0 saturated heterocycles. The summed E-state index contributed by atoms with van der Waals surface area (Å²) in [6, 6.07) is 1.31. The fraction of sp³-hybridized carbons (Fsp3) is 0.318. The van der Waals surface area contributed by atoms with E-state index in [4.69, 9.17) is 0 Å². The molecule has 15 heteroatoms. The molecular weight excluding hydrogens is 515 g/mol. The third kappa shape index (κ3) is 6.35. The quantitative estimate of drug-likeness (QED) is 0.377. The van der Waals surface area contributed by atoms with Crippen LogP contribution in [0, 0.1) is 6.92 Å². The standard InChI is InChI=1S/C22H22F3N7O4S/c1-4-14(34)7-32(11-33)21(36)17-19(26-3)28-10-31(17)8-16(35)29-15-9-37-20(30-15)13-5-12(2)18(27-6-13)22(23,24)25/h5-6,9-11,26H,4,7-8H2,1-3H3,(H,29,35). The van der Waals surface area contributed by atoms with Crippen LogP contribution in [0.2, 0.25) is 0 Å². The van der Waals surface area contributed by atoms with Gasteiger partial charge in [-0.1, -0.05) is 6.92 Å². The number of imidazole rings is 1. The number of nitrogens with one attached hydrogen (secondary N) is 2. The van der Waals surface area contributed by atoms with Crippen molar-refractivity contribution in [1.82, 2.24) is 24.4 Å². The van der Waals surface area contributed by atoms with Crippen LogP contribution in [0.1, 0.15) is 35.1 Å². The molecule has 3 rings (SSSR count). The highest BCUT2D eigenvalue weighted by Crippen LogP contribution is 2.33. The largest absolute Gasteiger partial charge is 0.433 e. The Morgan fingerprint density at radius 1 is 1.24 bits per heavy atom. The number of amides is 3. The van der Waals surface area contributed by atoms with Gasteiger partial charge in [0.2, 0.25) is 12.3 Å². The number of rotatable bonds is 10. The number of ketones is 1. The number of anilines is 2. The summed E-state index contributed by atoms with van der Waals surface area (Å²) in [6.07, 6.45) is -1.91. The molecule has 0 radical (unpaired) electrons. The van der Waals surface area contributed by atoms with Crippen LogP contribution in [0.15, 0.2) is 24.0 Å². The molecule has 196 valence electrons. The maximum absolute atomic E-state index is 13.0. The zero-order valence-corrected chi connectivity index (χ0v) is 20.7. The van der Waals surface area contributed by atoms with Crippen LogP contribution in [-0.4, -0.2) is 62.0 Å². The van der Waals surface area contributed by atoms with E-state index in [0.717, 1.165) is 17.5 Å². The van der Waals surface area contributed by atoms with Gasteiger partial charge in [0.1, 0.15) is 23.1 Å². The Kier molecular flexibility index (Phi) is 8.37. The lowest BCUT2D eigenvalue weighted by atomic mass is 10.1. The highest BCUT2D eigenvalue weighted by Gasteiger charge is 2.34. The van der Waals surface area contributed by atoms with Crippen LogP contribution in [0.25, 0.3) is 10.6 Å². The molecule has 0 unspecified atom stereocenters. The van der Waals surface area contributed by atoms with E-state index in [0.29, 0.717) is 15.5 Å². The Labute approximate surface area is 212 Å². The van der Waals surface area contributed by atoms with Crippen molar-refractivity contribution in [2.45, 2.75) is 33.0 Å². The third-order valence-corrected chi connectivity index (χ3v) is 5.98. The maximum atomic E-state index is 13.0. The average Bonchev–Trinajstić information content (AvgIpc) is 3.47. The summed E-state index contributed by atoms with van der Waals surface area (Å²) >= 11 is 1.10. The van der Waals surface area contributed by atoms with Crippen LogP contribution >= 0.6 is 11.3 Å². The minimum Gasteiger partial charge on any atom is -0.371 e. The van der Waals surface area contributed by atoms with Gasteiger partial charge in [0.15, 0.2) is 17.3 Å². The maximum Gasteiger partial charge on any atom is 0.433 e. The Hall–Kier alpha value is -4.14. The number of imide groups is 1. The molecule has 3 aromatic heterocycles. The van der Waals surface area contributed by atoms with Gasteiger partial charge in [-0.2, -0.15) is 13.2 Å². The van der Waals surface area contributed by atoms with Crippen molar-refractivity contribution in [1.29, 1.82) is 0 Å². The Morgan fingerprint density at radius 3 is 2.57 bits per heavy atom. The molecule has 11 nitrogen and oxygen atoms in total. The molecule has 3 heterocycles. The first-order valence-electron chi connectivity index (χ1n) is 10.8. The summed E-state index contributed by atoms with van der Waals surface area (Å²) in [5.41, 5.74) is -0.791. The highest BCUT2D eigenvalue weighted by molar-refractivity contribution is 7.13. The number of carbonyl (C=O) groups is 4. The zero-order valence-electron chi connectivity index (χ0n) is 19.9. The summed E-state index contributed by atoms with van der Waals surface area (Å²) in [4.78, 5) is 61.2. The lowest BCUT2D eigenvalue weighted by Crippen LogP contribution is -2.36. The molecule has 0 aliphatic carbocycles. The molecule has 0 bridgehead atoms. The van der Waals surface area contributed by atoms with Crippen molar-refractivity contribution in [2.24, 2.45) is 0 Å². The van der Waals surface area contributed by atoms with Crippen molar-refractivity contribution < 1.29 is 32.3 Å². The SMILES string of the molecule is CCC(=O)CN(C=O)C(=O)c1c(NC)ncn1CC(=O)Nc1csc(-c2cnc(C(F)(F)F)c(C)c2)n1. The van der Waals surface area contributed by atoms with Gasteiger partial charge in [0.25, 0.3) is 5.91 Å². The van der Waals surface area contributed by atoms with Gasteiger partial charge in [-0.15, -0.1) is 11.3 Å². The fourth-order valence-electron chi connectivity index (χ4n) is 3.29. The second kappa shape index (κ2) is 11.3. The van der Waals surface area contributed by atoms with E-state index in [1.165, 1.54) is 36.3 Å². The number of pyridine rings is 1. The van der Waals surface area contributed by atoms with Gasteiger partial charge in [-0.3, -0.25) is 29.1 Å².